The first kappa shape index (κ1) is 28.9. The molecule has 13 heteroatoms. The topological polar surface area (TPSA) is 99.7 Å². The highest BCUT2D eigenvalue weighted by atomic mass is 35.5. The first-order valence-corrected chi connectivity index (χ1v) is 14.0. The number of aromatic nitrogens is 3. The van der Waals surface area contributed by atoms with Crippen molar-refractivity contribution in [1.29, 1.82) is 0 Å². The second-order valence-electron chi connectivity index (χ2n) is 8.74. The Morgan fingerprint density at radius 2 is 1.81 bits per heavy atom. The van der Waals surface area contributed by atoms with Crippen LogP contribution < -0.4 is 5.56 Å². The highest BCUT2D eigenvalue weighted by Gasteiger charge is 2.26. The largest absolute Gasteiger partial charge is 0.389 e. The summed E-state index contributed by atoms with van der Waals surface area (Å²) in [7, 11) is -3.13. The fourth-order valence-corrected chi connectivity index (χ4v) is 4.20. The molecule has 0 atom stereocenters. The molecule has 0 unspecified atom stereocenters. The van der Waals surface area contributed by atoms with Gasteiger partial charge >= 0.3 is 6.18 Å². The summed E-state index contributed by atoms with van der Waals surface area (Å²) in [6.07, 6.45) is -1.30. The molecular weight excluding hydrogens is 535 g/mol. The van der Waals surface area contributed by atoms with Gasteiger partial charge in [-0.1, -0.05) is 23.7 Å². The second kappa shape index (κ2) is 12.2. The van der Waals surface area contributed by atoms with Crippen molar-refractivity contribution in [3.8, 4) is 11.3 Å². The summed E-state index contributed by atoms with van der Waals surface area (Å²) >= 11 is 5.94. The van der Waals surface area contributed by atoms with E-state index in [0.29, 0.717) is 22.7 Å². The van der Waals surface area contributed by atoms with Gasteiger partial charge in [-0.2, -0.15) is 13.2 Å². The quantitative estimate of drug-likeness (QED) is 0.291. The number of carbonyl (C=O) groups is 1. The number of Topliss-reactive ketones (excluding diaryl/α,β-unsaturated/α-hetero) is 1. The van der Waals surface area contributed by atoms with Gasteiger partial charge in [0.1, 0.15) is 15.6 Å². The van der Waals surface area contributed by atoms with Crippen LogP contribution in [-0.2, 0) is 32.3 Å². The van der Waals surface area contributed by atoms with E-state index < -0.39 is 28.0 Å². The number of aryl methyl sites for hydroxylation is 1. The Hall–Kier alpha value is -2.70. The third kappa shape index (κ3) is 8.97. The standard InChI is InChI=1S/C24H27ClF3N3O5S/c1-37(34,35)13-12-36-11-2-4-20(32)14-18-15-30(10-3-9-24(26,27)28)23-29-21(16-31(23)22(18)33)17-5-7-19(25)8-6-17/h5-8,15-16H,2-4,9-14H2,1H3. The number of fused-ring (bicyclic) bond motifs is 1. The van der Waals surface area contributed by atoms with Crippen LogP contribution in [0.5, 0.6) is 0 Å². The van der Waals surface area contributed by atoms with Crippen molar-refractivity contribution in [3.63, 3.8) is 0 Å². The third-order valence-corrected chi connectivity index (χ3v) is 6.64. The zero-order chi connectivity index (χ0) is 27.2. The summed E-state index contributed by atoms with van der Waals surface area (Å²) in [5.41, 5.74) is 0.769. The van der Waals surface area contributed by atoms with Gasteiger partial charge in [0.2, 0.25) is 5.78 Å². The zero-order valence-corrected chi connectivity index (χ0v) is 21.7. The van der Waals surface area contributed by atoms with E-state index in [1.54, 1.807) is 24.3 Å². The molecule has 0 radical (unpaired) electrons. The number of ketones is 1. The molecule has 0 saturated carbocycles. The summed E-state index contributed by atoms with van der Waals surface area (Å²) in [5, 5.41) is 0.515. The number of nitrogens with zero attached hydrogens (tertiary/aromatic N) is 3. The van der Waals surface area contributed by atoms with Gasteiger partial charge in [0.15, 0.2) is 0 Å². The van der Waals surface area contributed by atoms with Crippen molar-refractivity contribution in [1.82, 2.24) is 14.0 Å². The van der Waals surface area contributed by atoms with Crippen LogP contribution in [0.4, 0.5) is 13.2 Å². The van der Waals surface area contributed by atoms with Gasteiger partial charge in [-0.25, -0.2) is 13.4 Å². The van der Waals surface area contributed by atoms with E-state index in [4.69, 9.17) is 16.3 Å². The summed E-state index contributed by atoms with van der Waals surface area (Å²) in [6, 6.07) is 6.74. The third-order valence-electron chi connectivity index (χ3n) is 5.48. The lowest BCUT2D eigenvalue weighted by Gasteiger charge is -2.12. The molecule has 0 fully saturated rings. The van der Waals surface area contributed by atoms with Gasteiger partial charge in [-0.3, -0.25) is 14.0 Å². The van der Waals surface area contributed by atoms with Gasteiger partial charge in [0.25, 0.3) is 5.56 Å². The summed E-state index contributed by atoms with van der Waals surface area (Å²) in [6.45, 7) is 0.173. The van der Waals surface area contributed by atoms with Gasteiger partial charge in [0.05, 0.1) is 18.1 Å². The maximum Gasteiger partial charge on any atom is 0.389 e. The Morgan fingerprint density at radius 3 is 2.46 bits per heavy atom. The van der Waals surface area contributed by atoms with Crippen LogP contribution in [0, 0.1) is 0 Å². The molecule has 0 spiro atoms. The van der Waals surface area contributed by atoms with Crippen molar-refractivity contribution in [2.24, 2.45) is 0 Å². The fraction of sp³-hybridized carbons (Fsp3) is 0.458. The molecule has 2 heterocycles. The van der Waals surface area contributed by atoms with Crippen molar-refractivity contribution in [2.75, 3.05) is 25.2 Å². The van der Waals surface area contributed by atoms with Crippen LogP contribution in [0.3, 0.4) is 0 Å². The van der Waals surface area contributed by atoms with E-state index >= 15 is 0 Å². The Bertz CT molecular complexity index is 1400. The van der Waals surface area contributed by atoms with Gasteiger partial charge < -0.3 is 9.30 Å². The number of hydrogen-bond acceptors (Lipinski definition) is 6. The van der Waals surface area contributed by atoms with Crippen LogP contribution in [0.25, 0.3) is 17.0 Å². The van der Waals surface area contributed by atoms with Crippen LogP contribution in [-0.4, -0.2) is 59.6 Å². The number of imidazole rings is 1. The van der Waals surface area contributed by atoms with E-state index in [9.17, 15) is 31.2 Å². The molecule has 37 heavy (non-hydrogen) atoms. The lowest BCUT2D eigenvalue weighted by atomic mass is 10.1. The number of carbonyl (C=O) groups excluding carboxylic acids is 1. The number of hydrogen-bond donors (Lipinski definition) is 0. The van der Waals surface area contributed by atoms with Crippen LogP contribution in [0.2, 0.25) is 5.02 Å². The van der Waals surface area contributed by atoms with Crippen molar-refractivity contribution >= 4 is 33.0 Å². The molecule has 3 rings (SSSR count). The number of ether oxygens (including phenoxy) is 1. The molecule has 0 saturated heterocycles. The molecule has 0 amide bonds. The summed E-state index contributed by atoms with van der Waals surface area (Å²) < 4.78 is 68.3. The Morgan fingerprint density at radius 1 is 1.11 bits per heavy atom. The molecule has 0 bridgehead atoms. The molecular formula is C24H27ClF3N3O5S. The SMILES string of the molecule is CS(=O)(=O)CCOCCCC(=O)Cc1cn(CCCC(F)(F)F)c2nc(-c3ccc(Cl)cc3)cn2c1=O. The zero-order valence-electron chi connectivity index (χ0n) is 20.1. The van der Waals surface area contributed by atoms with Gasteiger partial charge in [0, 0.05) is 67.2 Å². The van der Waals surface area contributed by atoms with Crippen LogP contribution in [0.15, 0.2) is 41.5 Å². The normalized spacial score (nSPS) is 12.4. The van der Waals surface area contributed by atoms with E-state index in [2.05, 4.69) is 4.98 Å². The molecule has 0 aliphatic rings. The smallest absolute Gasteiger partial charge is 0.380 e. The second-order valence-corrected chi connectivity index (χ2v) is 11.4. The van der Waals surface area contributed by atoms with E-state index in [0.717, 1.165) is 6.26 Å². The predicted molar refractivity (Wildman–Crippen MR) is 134 cm³/mol. The first-order valence-electron chi connectivity index (χ1n) is 11.5. The molecule has 3 aromatic rings. The summed E-state index contributed by atoms with van der Waals surface area (Å²) in [5.74, 6) is -0.187. The number of alkyl halides is 3. The Kier molecular flexibility index (Phi) is 9.54. The van der Waals surface area contributed by atoms with Crippen LogP contribution in [0.1, 0.15) is 31.2 Å². The first-order chi connectivity index (χ1) is 17.3. The number of benzene rings is 1. The maximum absolute atomic E-state index is 13.1. The minimum atomic E-state index is -4.32. The Balaban J connectivity index is 1.78. The van der Waals surface area contributed by atoms with Crippen molar-refractivity contribution in [3.05, 3.63) is 57.6 Å². The number of rotatable bonds is 13. The van der Waals surface area contributed by atoms with E-state index in [1.807, 2.05) is 0 Å². The highest BCUT2D eigenvalue weighted by Crippen LogP contribution is 2.23. The maximum atomic E-state index is 13.1. The highest BCUT2D eigenvalue weighted by molar-refractivity contribution is 7.90. The van der Waals surface area contributed by atoms with Crippen molar-refractivity contribution < 1.29 is 31.1 Å². The van der Waals surface area contributed by atoms with Gasteiger partial charge in [-0.15, -0.1) is 0 Å². The van der Waals surface area contributed by atoms with E-state index in [-0.39, 0.29) is 61.9 Å². The minimum Gasteiger partial charge on any atom is -0.380 e. The predicted octanol–water partition coefficient (Wildman–Crippen LogP) is 4.11. The average Bonchev–Trinajstić information content (AvgIpc) is 3.24. The van der Waals surface area contributed by atoms with Gasteiger partial charge in [-0.05, 0) is 25.0 Å². The van der Waals surface area contributed by atoms with Crippen molar-refractivity contribution in [2.45, 2.75) is 44.8 Å². The minimum absolute atomic E-state index is 0.0307. The van der Waals surface area contributed by atoms with E-state index in [1.165, 1.54) is 21.4 Å². The molecule has 8 nitrogen and oxygen atoms in total. The lowest BCUT2D eigenvalue weighted by molar-refractivity contribution is -0.135. The fourth-order valence-electron chi connectivity index (χ4n) is 3.66. The number of sulfone groups is 1. The monoisotopic (exact) mass is 561 g/mol. The molecule has 1 aromatic carbocycles. The average molecular weight is 562 g/mol. The molecule has 2 aromatic heterocycles. The molecule has 0 N–H and O–H groups in total. The molecule has 202 valence electrons. The molecule has 0 aliphatic carbocycles. The Labute approximate surface area is 216 Å². The van der Waals surface area contributed by atoms with Crippen LogP contribution >= 0.6 is 11.6 Å². The lowest BCUT2D eigenvalue weighted by Crippen LogP contribution is -2.24. The molecule has 0 aliphatic heterocycles. The number of halogens is 4. The summed E-state index contributed by atoms with van der Waals surface area (Å²) in [4.78, 5) is 30.1.